The number of aromatic amines is 1. The predicted molar refractivity (Wildman–Crippen MR) is 148 cm³/mol. The van der Waals surface area contributed by atoms with E-state index in [0.717, 1.165) is 17.5 Å². The van der Waals surface area contributed by atoms with E-state index >= 15 is 0 Å². The van der Waals surface area contributed by atoms with Crippen molar-refractivity contribution in [2.24, 2.45) is 5.92 Å². The first-order chi connectivity index (χ1) is 17.9. The third-order valence-corrected chi connectivity index (χ3v) is 6.41. The Morgan fingerprint density at radius 3 is 2.43 bits per heavy atom. The van der Waals surface area contributed by atoms with E-state index in [1.807, 2.05) is 53.6 Å². The lowest BCUT2D eigenvalue weighted by molar-refractivity contribution is -0.132. The summed E-state index contributed by atoms with van der Waals surface area (Å²) in [6, 6.07) is 25.3. The smallest absolute Gasteiger partial charge is 0.254 e. The highest BCUT2D eigenvalue weighted by Gasteiger charge is 2.24. The van der Waals surface area contributed by atoms with E-state index in [0.29, 0.717) is 30.9 Å². The minimum absolute atomic E-state index is 0.0228. The maximum Gasteiger partial charge on any atom is 0.254 e. The Morgan fingerprint density at radius 1 is 0.919 bits per heavy atom. The van der Waals surface area contributed by atoms with Crippen molar-refractivity contribution in [1.29, 1.82) is 0 Å². The van der Waals surface area contributed by atoms with E-state index in [1.165, 1.54) is 10.9 Å². The molecule has 6 heteroatoms. The van der Waals surface area contributed by atoms with E-state index in [2.05, 4.69) is 31.0 Å². The van der Waals surface area contributed by atoms with Gasteiger partial charge in [-0.2, -0.15) is 0 Å². The van der Waals surface area contributed by atoms with E-state index in [-0.39, 0.29) is 24.3 Å². The Bertz CT molecular complexity index is 1330. The third kappa shape index (κ3) is 6.79. The Balaban J connectivity index is 1.54. The molecule has 6 nitrogen and oxygen atoms in total. The zero-order valence-electron chi connectivity index (χ0n) is 21.8. The standard InChI is InChI=1S/C31H35N3O3/c1-23(2)20-34(31(36)25-12-9-13-27(18-25)37-3)22-30(35)33(21-24-10-5-4-6-11-24)17-16-26-19-32-29-15-8-7-14-28(26)29/h4-15,18-19,23,32H,16-17,20-22H2,1-3H3. The normalized spacial score (nSPS) is 11.0. The molecule has 0 saturated carbocycles. The van der Waals surface area contributed by atoms with Gasteiger partial charge in [-0.25, -0.2) is 0 Å². The second kappa shape index (κ2) is 12.3. The van der Waals surface area contributed by atoms with Crippen LogP contribution in [0, 0.1) is 5.92 Å². The number of methoxy groups -OCH3 is 1. The summed E-state index contributed by atoms with van der Waals surface area (Å²) >= 11 is 0. The second-order valence-corrected chi connectivity index (χ2v) is 9.72. The van der Waals surface area contributed by atoms with Gasteiger partial charge in [-0.3, -0.25) is 9.59 Å². The minimum atomic E-state index is -0.169. The van der Waals surface area contributed by atoms with Crippen molar-refractivity contribution in [3.8, 4) is 5.75 Å². The summed E-state index contributed by atoms with van der Waals surface area (Å²) in [5.41, 5.74) is 3.84. The van der Waals surface area contributed by atoms with Crippen LogP contribution in [-0.2, 0) is 17.8 Å². The van der Waals surface area contributed by atoms with Gasteiger partial charge in [0, 0.05) is 42.3 Å². The number of aromatic nitrogens is 1. The van der Waals surface area contributed by atoms with Crippen LogP contribution in [0.25, 0.3) is 10.9 Å². The van der Waals surface area contributed by atoms with Crippen LogP contribution >= 0.6 is 0 Å². The lowest BCUT2D eigenvalue weighted by Crippen LogP contribution is -2.44. The maximum absolute atomic E-state index is 13.7. The van der Waals surface area contributed by atoms with Gasteiger partial charge in [-0.05, 0) is 47.7 Å². The molecule has 4 rings (SSSR count). The number of benzene rings is 3. The molecule has 4 aromatic rings. The topological polar surface area (TPSA) is 65.6 Å². The first-order valence-electron chi connectivity index (χ1n) is 12.7. The zero-order chi connectivity index (χ0) is 26.2. The van der Waals surface area contributed by atoms with Crippen LogP contribution in [-0.4, -0.2) is 53.3 Å². The fourth-order valence-corrected chi connectivity index (χ4v) is 4.55. The molecule has 37 heavy (non-hydrogen) atoms. The summed E-state index contributed by atoms with van der Waals surface area (Å²) in [5.74, 6) is 0.597. The van der Waals surface area contributed by atoms with Crippen molar-refractivity contribution in [3.05, 3.63) is 102 Å². The fourth-order valence-electron chi connectivity index (χ4n) is 4.55. The number of hydrogen-bond donors (Lipinski definition) is 1. The highest BCUT2D eigenvalue weighted by molar-refractivity contribution is 5.97. The number of ether oxygens (including phenoxy) is 1. The average Bonchev–Trinajstić information content (AvgIpc) is 3.33. The molecular formula is C31H35N3O3. The molecule has 1 heterocycles. The monoisotopic (exact) mass is 497 g/mol. The van der Waals surface area contributed by atoms with Crippen molar-refractivity contribution in [3.63, 3.8) is 0 Å². The number of carbonyl (C=O) groups excluding carboxylic acids is 2. The average molecular weight is 498 g/mol. The third-order valence-electron chi connectivity index (χ3n) is 6.41. The van der Waals surface area contributed by atoms with Gasteiger partial charge in [0.05, 0.1) is 7.11 Å². The Labute approximate surface area is 218 Å². The van der Waals surface area contributed by atoms with Crippen LogP contribution in [0.2, 0.25) is 0 Å². The number of fused-ring (bicyclic) bond motifs is 1. The van der Waals surface area contributed by atoms with Crippen molar-refractivity contribution < 1.29 is 14.3 Å². The fraction of sp³-hybridized carbons (Fsp3) is 0.290. The summed E-state index contributed by atoms with van der Waals surface area (Å²) in [7, 11) is 1.58. The summed E-state index contributed by atoms with van der Waals surface area (Å²) < 4.78 is 5.30. The molecule has 1 aromatic heterocycles. The molecule has 0 aliphatic carbocycles. The lowest BCUT2D eigenvalue weighted by atomic mass is 10.1. The van der Waals surface area contributed by atoms with Gasteiger partial charge >= 0.3 is 0 Å². The Hall–Kier alpha value is -4.06. The first kappa shape index (κ1) is 26.0. The summed E-state index contributed by atoms with van der Waals surface area (Å²) in [5, 5.41) is 1.17. The van der Waals surface area contributed by atoms with Crippen LogP contribution in [0.15, 0.2) is 85.1 Å². The van der Waals surface area contributed by atoms with Crippen molar-refractivity contribution in [1.82, 2.24) is 14.8 Å². The van der Waals surface area contributed by atoms with E-state index in [1.54, 1.807) is 36.3 Å². The van der Waals surface area contributed by atoms with Crippen LogP contribution < -0.4 is 4.74 Å². The van der Waals surface area contributed by atoms with E-state index in [4.69, 9.17) is 4.74 Å². The van der Waals surface area contributed by atoms with Gasteiger partial charge in [-0.15, -0.1) is 0 Å². The largest absolute Gasteiger partial charge is 0.497 e. The molecule has 1 N–H and O–H groups in total. The molecule has 0 fully saturated rings. The number of para-hydroxylation sites is 1. The van der Waals surface area contributed by atoms with Gasteiger partial charge < -0.3 is 19.5 Å². The Morgan fingerprint density at radius 2 is 1.68 bits per heavy atom. The van der Waals surface area contributed by atoms with Gasteiger partial charge in [0.25, 0.3) is 5.91 Å². The first-order valence-corrected chi connectivity index (χ1v) is 12.7. The molecule has 2 amide bonds. The molecule has 0 atom stereocenters. The number of nitrogens with zero attached hydrogens (tertiary/aromatic N) is 2. The zero-order valence-corrected chi connectivity index (χ0v) is 21.8. The molecule has 0 spiro atoms. The number of hydrogen-bond acceptors (Lipinski definition) is 3. The number of amides is 2. The highest BCUT2D eigenvalue weighted by Crippen LogP contribution is 2.20. The maximum atomic E-state index is 13.7. The van der Waals surface area contributed by atoms with Crippen LogP contribution in [0.1, 0.15) is 35.3 Å². The summed E-state index contributed by atoms with van der Waals surface area (Å²) in [4.78, 5) is 34.0. The number of nitrogens with one attached hydrogen (secondary N) is 1. The SMILES string of the molecule is COc1cccc(C(=O)N(CC(=O)N(CCc2c[nH]c3ccccc23)Cc2ccccc2)CC(C)C)c1. The quantitative estimate of drug-likeness (QED) is 0.296. The van der Waals surface area contributed by atoms with Gasteiger partial charge in [-0.1, -0.05) is 68.4 Å². The molecule has 0 unspecified atom stereocenters. The van der Waals surface area contributed by atoms with Crippen LogP contribution in [0.5, 0.6) is 5.75 Å². The number of rotatable bonds is 11. The molecule has 0 bridgehead atoms. The summed E-state index contributed by atoms with van der Waals surface area (Å²) in [6.45, 7) is 5.66. The molecule has 3 aromatic carbocycles. The Kier molecular flexibility index (Phi) is 8.62. The molecule has 0 saturated heterocycles. The molecule has 0 radical (unpaired) electrons. The lowest BCUT2D eigenvalue weighted by Gasteiger charge is -2.29. The number of carbonyl (C=O) groups is 2. The van der Waals surface area contributed by atoms with E-state index < -0.39 is 0 Å². The molecule has 192 valence electrons. The predicted octanol–water partition coefficient (Wildman–Crippen LogP) is 5.55. The van der Waals surface area contributed by atoms with Crippen molar-refractivity contribution >= 4 is 22.7 Å². The number of H-pyrrole nitrogens is 1. The van der Waals surface area contributed by atoms with Crippen LogP contribution in [0.3, 0.4) is 0 Å². The molecule has 0 aliphatic rings. The van der Waals surface area contributed by atoms with Crippen molar-refractivity contribution in [2.75, 3.05) is 26.7 Å². The summed E-state index contributed by atoms with van der Waals surface area (Å²) in [6.07, 6.45) is 2.74. The van der Waals surface area contributed by atoms with Gasteiger partial charge in [0.15, 0.2) is 0 Å². The van der Waals surface area contributed by atoms with E-state index in [9.17, 15) is 9.59 Å². The van der Waals surface area contributed by atoms with Gasteiger partial charge in [0.1, 0.15) is 12.3 Å². The van der Waals surface area contributed by atoms with Gasteiger partial charge in [0.2, 0.25) is 5.91 Å². The molecule has 0 aliphatic heterocycles. The molecular weight excluding hydrogens is 462 g/mol. The highest BCUT2D eigenvalue weighted by atomic mass is 16.5. The minimum Gasteiger partial charge on any atom is -0.497 e. The second-order valence-electron chi connectivity index (χ2n) is 9.72. The van der Waals surface area contributed by atoms with Crippen LogP contribution in [0.4, 0.5) is 0 Å². The van der Waals surface area contributed by atoms with Crippen molar-refractivity contribution in [2.45, 2.75) is 26.8 Å².